The zero-order valence-electron chi connectivity index (χ0n) is 12.1. The highest BCUT2D eigenvalue weighted by atomic mass is 16.5. The zero-order chi connectivity index (χ0) is 15.1. The SMILES string of the molecule is CC(C)c1ccc(OCC(=O)NN=Cc2ccco2)cc1. The quantitative estimate of drug-likeness (QED) is 0.656. The normalized spacial score (nSPS) is 11.0. The van der Waals surface area contributed by atoms with Crippen molar-refractivity contribution in [3.05, 3.63) is 54.0 Å². The van der Waals surface area contributed by atoms with Gasteiger partial charge in [-0.25, -0.2) is 5.43 Å². The molecule has 0 aliphatic rings. The third-order valence-corrected chi connectivity index (χ3v) is 2.84. The van der Waals surface area contributed by atoms with E-state index in [0.717, 1.165) is 0 Å². The van der Waals surface area contributed by atoms with Crippen LogP contribution in [0.25, 0.3) is 0 Å². The molecule has 5 nitrogen and oxygen atoms in total. The lowest BCUT2D eigenvalue weighted by Crippen LogP contribution is -2.24. The molecule has 1 heterocycles. The summed E-state index contributed by atoms with van der Waals surface area (Å²) in [6, 6.07) is 11.2. The van der Waals surface area contributed by atoms with Gasteiger partial charge in [0.15, 0.2) is 6.61 Å². The number of hydrogen-bond donors (Lipinski definition) is 1. The first-order valence-corrected chi connectivity index (χ1v) is 6.73. The molecule has 0 radical (unpaired) electrons. The van der Waals surface area contributed by atoms with Crippen molar-refractivity contribution >= 4 is 12.1 Å². The van der Waals surface area contributed by atoms with Crippen LogP contribution in [0.2, 0.25) is 0 Å². The molecule has 1 aromatic heterocycles. The third-order valence-electron chi connectivity index (χ3n) is 2.84. The van der Waals surface area contributed by atoms with Gasteiger partial charge in [-0.1, -0.05) is 26.0 Å². The summed E-state index contributed by atoms with van der Waals surface area (Å²) in [5, 5.41) is 3.77. The van der Waals surface area contributed by atoms with Crippen LogP contribution in [0.3, 0.4) is 0 Å². The number of nitrogens with one attached hydrogen (secondary N) is 1. The lowest BCUT2D eigenvalue weighted by Gasteiger charge is -2.08. The van der Waals surface area contributed by atoms with Gasteiger partial charge in [-0.05, 0) is 35.7 Å². The first-order valence-electron chi connectivity index (χ1n) is 6.73. The second kappa shape index (κ2) is 7.28. The van der Waals surface area contributed by atoms with Gasteiger partial charge in [0, 0.05) is 0 Å². The van der Waals surface area contributed by atoms with Crippen molar-refractivity contribution in [2.45, 2.75) is 19.8 Å². The van der Waals surface area contributed by atoms with Gasteiger partial charge in [-0.15, -0.1) is 0 Å². The van der Waals surface area contributed by atoms with Gasteiger partial charge in [0.1, 0.15) is 11.5 Å². The molecular weight excluding hydrogens is 268 g/mol. The van der Waals surface area contributed by atoms with E-state index < -0.39 is 0 Å². The Hall–Kier alpha value is -2.56. The van der Waals surface area contributed by atoms with Crippen LogP contribution >= 0.6 is 0 Å². The average molecular weight is 286 g/mol. The summed E-state index contributed by atoms with van der Waals surface area (Å²) >= 11 is 0. The Morgan fingerprint density at radius 2 is 2.10 bits per heavy atom. The Morgan fingerprint density at radius 1 is 1.33 bits per heavy atom. The Balaban J connectivity index is 1.76. The van der Waals surface area contributed by atoms with Crippen LogP contribution in [0.5, 0.6) is 5.75 Å². The number of carbonyl (C=O) groups is 1. The van der Waals surface area contributed by atoms with Crippen LogP contribution in [-0.2, 0) is 4.79 Å². The first-order chi connectivity index (χ1) is 10.1. The van der Waals surface area contributed by atoms with Crippen molar-refractivity contribution in [2.75, 3.05) is 6.61 Å². The molecule has 0 spiro atoms. The van der Waals surface area contributed by atoms with Crippen LogP contribution in [0.4, 0.5) is 0 Å². The lowest BCUT2D eigenvalue weighted by molar-refractivity contribution is -0.123. The van der Waals surface area contributed by atoms with E-state index in [9.17, 15) is 4.79 Å². The average Bonchev–Trinajstić information content (AvgIpc) is 2.99. The molecule has 0 unspecified atom stereocenters. The Morgan fingerprint density at radius 3 is 2.71 bits per heavy atom. The summed E-state index contributed by atoms with van der Waals surface area (Å²) in [6.45, 7) is 4.16. The number of furan rings is 1. The second-order valence-electron chi connectivity index (χ2n) is 4.82. The molecule has 5 heteroatoms. The fraction of sp³-hybridized carbons (Fsp3) is 0.250. The molecule has 1 aromatic carbocycles. The predicted octanol–water partition coefficient (Wildman–Crippen LogP) is 2.93. The molecule has 21 heavy (non-hydrogen) atoms. The number of amides is 1. The minimum absolute atomic E-state index is 0.0868. The van der Waals surface area contributed by atoms with Gasteiger partial charge in [0.05, 0.1) is 12.5 Å². The van der Waals surface area contributed by atoms with Gasteiger partial charge < -0.3 is 9.15 Å². The van der Waals surface area contributed by atoms with Crippen molar-refractivity contribution in [1.82, 2.24) is 5.43 Å². The summed E-state index contributed by atoms with van der Waals surface area (Å²) in [7, 11) is 0. The molecule has 1 amide bonds. The molecule has 0 fully saturated rings. The number of rotatable bonds is 6. The molecule has 0 saturated heterocycles. The number of ether oxygens (including phenoxy) is 1. The van der Waals surface area contributed by atoms with Crippen LogP contribution in [0, 0.1) is 0 Å². The minimum Gasteiger partial charge on any atom is -0.484 e. The Kier molecular flexibility index (Phi) is 5.15. The predicted molar refractivity (Wildman–Crippen MR) is 80.5 cm³/mol. The number of hydrogen-bond acceptors (Lipinski definition) is 4. The molecule has 110 valence electrons. The lowest BCUT2D eigenvalue weighted by atomic mass is 10.0. The van der Waals surface area contributed by atoms with Gasteiger partial charge in [0.2, 0.25) is 0 Å². The van der Waals surface area contributed by atoms with E-state index in [2.05, 4.69) is 24.4 Å². The molecule has 0 aliphatic heterocycles. The van der Waals surface area contributed by atoms with Crippen LogP contribution < -0.4 is 10.2 Å². The summed E-state index contributed by atoms with van der Waals surface area (Å²) in [6.07, 6.45) is 2.96. The third kappa shape index (κ3) is 4.80. The Bertz CT molecular complexity index is 586. The van der Waals surface area contributed by atoms with Gasteiger partial charge in [-0.3, -0.25) is 4.79 Å². The summed E-state index contributed by atoms with van der Waals surface area (Å²) in [5.74, 6) is 1.37. The van der Waals surface area contributed by atoms with Crippen molar-refractivity contribution < 1.29 is 13.9 Å². The number of carbonyl (C=O) groups excluding carboxylic acids is 1. The zero-order valence-corrected chi connectivity index (χ0v) is 12.1. The van der Waals surface area contributed by atoms with E-state index in [0.29, 0.717) is 17.4 Å². The fourth-order valence-corrected chi connectivity index (χ4v) is 1.66. The summed E-state index contributed by atoms with van der Waals surface area (Å²) < 4.78 is 10.4. The number of benzene rings is 1. The molecule has 0 bridgehead atoms. The number of nitrogens with zero attached hydrogens (tertiary/aromatic N) is 1. The molecule has 1 N–H and O–H groups in total. The van der Waals surface area contributed by atoms with E-state index >= 15 is 0 Å². The first kappa shape index (κ1) is 14.8. The minimum atomic E-state index is -0.328. The van der Waals surface area contributed by atoms with Gasteiger partial charge in [-0.2, -0.15) is 5.10 Å². The summed E-state index contributed by atoms with van der Waals surface area (Å²) in [5.41, 5.74) is 3.60. The maximum atomic E-state index is 11.5. The van der Waals surface area contributed by atoms with E-state index in [4.69, 9.17) is 9.15 Å². The highest BCUT2D eigenvalue weighted by Gasteiger charge is 2.03. The van der Waals surface area contributed by atoms with Crippen LogP contribution in [0.1, 0.15) is 31.1 Å². The van der Waals surface area contributed by atoms with Gasteiger partial charge in [0.25, 0.3) is 5.91 Å². The van der Waals surface area contributed by atoms with Gasteiger partial charge >= 0.3 is 0 Å². The monoisotopic (exact) mass is 286 g/mol. The van der Waals surface area contributed by atoms with E-state index in [1.165, 1.54) is 18.0 Å². The molecule has 0 aliphatic carbocycles. The van der Waals surface area contributed by atoms with E-state index in [-0.39, 0.29) is 12.5 Å². The smallest absolute Gasteiger partial charge is 0.277 e. The van der Waals surface area contributed by atoms with Crippen molar-refractivity contribution in [1.29, 1.82) is 0 Å². The van der Waals surface area contributed by atoms with Crippen molar-refractivity contribution in [2.24, 2.45) is 5.10 Å². The molecular formula is C16H18N2O3. The van der Waals surface area contributed by atoms with Crippen LogP contribution in [0.15, 0.2) is 52.2 Å². The fourth-order valence-electron chi connectivity index (χ4n) is 1.66. The second-order valence-corrected chi connectivity index (χ2v) is 4.82. The summed E-state index contributed by atoms with van der Waals surface area (Å²) in [4.78, 5) is 11.5. The van der Waals surface area contributed by atoms with Crippen molar-refractivity contribution in [3.8, 4) is 5.75 Å². The highest BCUT2D eigenvalue weighted by Crippen LogP contribution is 2.18. The van der Waals surface area contributed by atoms with Crippen molar-refractivity contribution in [3.63, 3.8) is 0 Å². The standard InChI is InChI=1S/C16H18N2O3/c1-12(2)13-5-7-14(8-6-13)21-11-16(19)18-17-10-15-4-3-9-20-15/h3-10,12H,11H2,1-2H3,(H,18,19). The van der Waals surface area contributed by atoms with Crippen LogP contribution in [-0.4, -0.2) is 18.7 Å². The molecule has 0 atom stereocenters. The van der Waals surface area contributed by atoms with E-state index in [1.54, 1.807) is 12.1 Å². The van der Waals surface area contributed by atoms with E-state index in [1.807, 2.05) is 24.3 Å². The topological polar surface area (TPSA) is 63.8 Å². The molecule has 2 aromatic rings. The number of hydrazone groups is 1. The highest BCUT2D eigenvalue weighted by molar-refractivity contribution is 5.81. The largest absolute Gasteiger partial charge is 0.484 e. The molecule has 2 rings (SSSR count). The maximum Gasteiger partial charge on any atom is 0.277 e. The maximum absolute atomic E-state index is 11.5. The molecule has 0 saturated carbocycles. The Labute approximate surface area is 123 Å².